The normalized spacial score (nSPS) is 12.9. The predicted molar refractivity (Wildman–Crippen MR) is 67.5 cm³/mol. The van der Waals surface area contributed by atoms with Crippen molar-refractivity contribution in [1.29, 1.82) is 0 Å². The molecule has 1 atom stereocenters. The maximum absolute atomic E-state index is 5.66. The number of unbranched alkanes of at least 4 members (excludes halogenated alkanes) is 3. The van der Waals surface area contributed by atoms with E-state index in [1.165, 1.54) is 19.3 Å². The molecule has 0 saturated heterocycles. The van der Waals surface area contributed by atoms with Gasteiger partial charge in [0.2, 0.25) is 0 Å². The standard InChI is InChI=1S/C12H24N4O/c1-4-5-6-7-8-16-12(10(2)17-3)11(9-13)14-15-16/h10H,4-9,13H2,1-3H3. The van der Waals surface area contributed by atoms with Crippen LogP contribution in [0.15, 0.2) is 0 Å². The predicted octanol–water partition coefficient (Wildman–Crippen LogP) is 2.02. The molecule has 0 aliphatic carbocycles. The Morgan fingerprint density at radius 1 is 1.35 bits per heavy atom. The summed E-state index contributed by atoms with van der Waals surface area (Å²) < 4.78 is 7.29. The third kappa shape index (κ3) is 3.78. The number of rotatable bonds is 8. The summed E-state index contributed by atoms with van der Waals surface area (Å²) in [5.41, 5.74) is 7.52. The smallest absolute Gasteiger partial charge is 0.102 e. The molecular formula is C12H24N4O. The van der Waals surface area contributed by atoms with Crippen molar-refractivity contribution in [2.24, 2.45) is 5.73 Å². The zero-order valence-corrected chi connectivity index (χ0v) is 11.1. The fraction of sp³-hybridized carbons (Fsp3) is 0.833. The van der Waals surface area contributed by atoms with Crippen LogP contribution in [-0.4, -0.2) is 22.1 Å². The fourth-order valence-corrected chi connectivity index (χ4v) is 1.91. The molecule has 0 radical (unpaired) electrons. The maximum Gasteiger partial charge on any atom is 0.102 e. The zero-order chi connectivity index (χ0) is 12.7. The number of nitrogens with two attached hydrogens (primary N) is 1. The maximum atomic E-state index is 5.66. The molecule has 0 aliphatic rings. The molecule has 1 aromatic rings. The van der Waals surface area contributed by atoms with Crippen molar-refractivity contribution >= 4 is 0 Å². The molecule has 0 spiro atoms. The van der Waals surface area contributed by atoms with Gasteiger partial charge in [-0.3, -0.25) is 0 Å². The van der Waals surface area contributed by atoms with Crippen molar-refractivity contribution in [2.75, 3.05) is 7.11 Å². The number of methoxy groups -OCH3 is 1. The van der Waals surface area contributed by atoms with Crippen LogP contribution in [0, 0.1) is 0 Å². The summed E-state index contributed by atoms with van der Waals surface area (Å²) in [5, 5.41) is 8.27. The average Bonchev–Trinajstić information content (AvgIpc) is 2.76. The Hall–Kier alpha value is -0.940. The quantitative estimate of drug-likeness (QED) is 0.706. The zero-order valence-electron chi connectivity index (χ0n) is 11.1. The molecule has 2 N–H and O–H groups in total. The lowest BCUT2D eigenvalue weighted by Crippen LogP contribution is -2.12. The Balaban J connectivity index is 2.67. The molecule has 1 aromatic heterocycles. The van der Waals surface area contributed by atoms with Crippen molar-refractivity contribution < 1.29 is 4.74 Å². The van der Waals surface area contributed by atoms with E-state index < -0.39 is 0 Å². The molecule has 0 saturated carbocycles. The van der Waals surface area contributed by atoms with Crippen molar-refractivity contribution in [3.63, 3.8) is 0 Å². The summed E-state index contributed by atoms with van der Waals surface area (Å²) in [4.78, 5) is 0. The van der Waals surface area contributed by atoms with Gasteiger partial charge in [0.15, 0.2) is 0 Å². The van der Waals surface area contributed by atoms with Crippen LogP contribution in [0.1, 0.15) is 57.0 Å². The molecule has 17 heavy (non-hydrogen) atoms. The molecule has 1 rings (SSSR count). The van der Waals surface area contributed by atoms with Crippen LogP contribution in [0.25, 0.3) is 0 Å². The summed E-state index contributed by atoms with van der Waals surface area (Å²) in [6.07, 6.45) is 4.87. The molecular weight excluding hydrogens is 216 g/mol. The summed E-state index contributed by atoms with van der Waals surface area (Å²) in [7, 11) is 1.69. The van der Waals surface area contributed by atoms with E-state index in [-0.39, 0.29) is 6.10 Å². The third-order valence-electron chi connectivity index (χ3n) is 3.00. The van der Waals surface area contributed by atoms with Gasteiger partial charge in [-0.2, -0.15) is 0 Å². The molecule has 0 bridgehead atoms. The minimum absolute atomic E-state index is 0.00488. The van der Waals surface area contributed by atoms with E-state index in [0.717, 1.165) is 24.4 Å². The monoisotopic (exact) mass is 240 g/mol. The van der Waals surface area contributed by atoms with Gasteiger partial charge >= 0.3 is 0 Å². The first-order valence-corrected chi connectivity index (χ1v) is 6.39. The number of aromatic nitrogens is 3. The summed E-state index contributed by atoms with van der Waals surface area (Å²) >= 11 is 0. The molecule has 98 valence electrons. The van der Waals surface area contributed by atoms with Gasteiger partial charge in [-0.15, -0.1) is 5.10 Å². The molecule has 5 nitrogen and oxygen atoms in total. The van der Waals surface area contributed by atoms with Gasteiger partial charge in [0.25, 0.3) is 0 Å². The first-order chi connectivity index (χ1) is 8.24. The Morgan fingerprint density at radius 3 is 2.71 bits per heavy atom. The summed E-state index contributed by atoms with van der Waals surface area (Å²) in [6, 6.07) is 0. The minimum Gasteiger partial charge on any atom is -0.375 e. The molecule has 0 aromatic carbocycles. The van der Waals surface area contributed by atoms with Crippen LogP contribution in [0.5, 0.6) is 0 Å². The summed E-state index contributed by atoms with van der Waals surface area (Å²) in [6.45, 7) is 5.52. The topological polar surface area (TPSA) is 66.0 Å². The van der Waals surface area contributed by atoms with E-state index in [4.69, 9.17) is 10.5 Å². The van der Waals surface area contributed by atoms with E-state index in [1.807, 2.05) is 11.6 Å². The minimum atomic E-state index is -0.00488. The van der Waals surface area contributed by atoms with E-state index in [1.54, 1.807) is 7.11 Å². The van der Waals surface area contributed by atoms with Crippen LogP contribution in [0.3, 0.4) is 0 Å². The van der Waals surface area contributed by atoms with E-state index >= 15 is 0 Å². The van der Waals surface area contributed by atoms with Crippen LogP contribution in [-0.2, 0) is 17.8 Å². The van der Waals surface area contributed by atoms with Gasteiger partial charge < -0.3 is 10.5 Å². The first kappa shape index (κ1) is 14.1. The van der Waals surface area contributed by atoms with Crippen LogP contribution in [0.2, 0.25) is 0 Å². The molecule has 0 fully saturated rings. The highest BCUT2D eigenvalue weighted by atomic mass is 16.5. The second kappa shape index (κ2) is 7.40. The van der Waals surface area contributed by atoms with Gasteiger partial charge in [-0.25, -0.2) is 4.68 Å². The van der Waals surface area contributed by atoms with E-state index in [9.17, 15) is 0 Å². The molecule has 5 heteroatoms. The summed E-state index contributed by atoms with van der Waals surface area (Å²) in [5.74, 6) is 0. The Labute approximate surface area is 103 Å². The molecule has 1 heterocycles. The van der Waals surface area contributed by atoms with Crippen molar-refractivity contribution in [2.45, 2.75) is 58.7 Å². The number of aryl methyl sites for hydroxylation is 1. The Kier molecular flexibility index (Phi) is 6.15. The molecule has 0 aliphatic heterocycles. The largest absolute Gasteiger partial charge is 0.375 e. The third-order valence-corrected chi connectivity index (χ3v) is 3.00. The molecule has 0 amide bonds. The SMILES string of the molecule is CCCCCCn1nnc(CN)c1C(C)OC. The average molecular weight is 240 g/mol. The number of ether oxygens (including phenoxy) is 1. The highest BCUT2D eigenvalue weighted by molar-refractivity contribution is 5.12. The molecule has 1 unspecified atom stereocenters. The highest BCUT2D eigenvalue weighted by Crippen LogP contribution is 2.19. The lowest BCUT2D eigenvalue weighted by molar-refractivity contribution is 0.110. The van der Waals surface area contributed by atoms with E-state index in [0.29, 0.717) is 6.54 Å². The van der Waals surface area contributed by atoms with Gasteiger partial charge in [-0.1, -0.05) is 31.4 Å². The second-order valence-electron chi connectivity index (χ2n) is 4.29. The van der Waals surface area contributed by atoms with Crippen LogP contribution >= 0.6 is 0 Å². The van der Waals surface area contributed by atoms with Gasteiger partial charge in [0, 0.05) is 20.2 Å². The fourth-order valence-electron chi connectivity index (χ4n) is 1.91. The first-order valence-electron chi connectivity index (χ1n) is 6.39. The highest BCUT2D eigenvalue weighted by Gasteiger charge is 2.17. The van der Waals surface area contributed by atoms with Gasteiger partial charge in [0.05, 0.1) is 11.8 Å². The van der Waals surface area contributed by atoms with Crippen molar-refractivity contribution in [3.8, 4) is 0 Å². The number of hydrogen-bond donors (Lipinski definition) is 1. The van der Waals surface area contributed by atoms with Gasteiger partial charge in [-0.05, 0) is 13.3 Å². The number of nitrogens with zero attached hydrogens (tertiary/aromatic N) is 3. The van der Waals surface area contributed by atoms with Gasteiger partial charge in [0.1, 0.15) is 5.69 Å². The van der Waals surface area contributed by atoms with Crippen molar-refractivity contribution in [1.82, 2.24) is 15.0 Å². The lowest BCUT2D eigenvalue weighted by Gasteiger charge is -2.13. The number of hydrogen-bond acceptors (Lipinski definition) is 4. The lowest BCUT2D eigenvalue weighted by atomic mass is 10.2. The van der Waals surface area contributed by atoms with Crippen LogP contribution in [0.4, 0.5) is 0 Å². The Bertz CT molecular complexity index is 324. The second-order valence-corrected chi connectivity index (χ2v) is 4.29. The van der Waals surface area contributed by atoms with Crippen molar-refractivity contribution in [3.05, 3.63) is 11.4 Å². The van der Waals surface area contributed by atoms with Crippen LogP contribution < -0.4 is 5.73 Å². The van der Waals surface area contributed by atoms with E-state index in [2.05, 4.69) is 17.2 Å². The Morgan fingerprint density at radius 2 is 2.12 bits per heavy atom.